The number of nitrogens with zero attached hydrogens (tertiary/aromatic N) is 2. The van der Waals surface area contributed by atoms with Crippen molar-refractivity contribution in [3.63, 3.8) is 0 Å². The van der Waals surface area contributed by atoms with Crippen molar-refractivity contribution in [2.24, 2.45) is 5.92 Å². The van der Waals surface area contributed by atoms with Crippen LogP contribution in [0, 0.1) is 5.92 Å². The zero-order chi connectivity index (χ0) is 25.3. The molecule has 7 heteroatoms. The largest absolute Gasteiger partial charge is 0.477 e. The van der Waals surface area contributed by atoms with E-state index in [4.69, 9.17) is 0 Å². The zero-order valence-corrected chi connectivity index (χ0v) is 22.4. The maximum absolute atomic E-state index is 13.5. The second-order valence-electron chi connectivity index (χ2n) is 9.49. The number of allylic oxidation sites excluding steroid dienone is 2. The summed E-state index contributed by atoms with van der Waals surface area (Å²) in [6.45, 7) is 8.37. The number of carboxylic acid groups (broad SMARTS) is 1. The maximum Gasteiger partial charge on any atom is 0.348 e. The summed E-state index contributed by atoms with van der Waals surface area (Å²) in [4.78, 5) is 42.4. The third-order valence-corrected chi connectivity index (χ3v) is 8.03. The molecule has 190 valence electrons. The number of unbranched alkanes of at least 4 members (excludes halogenated alkanes) is 1. The number of anilines is 1. The number of carboxylic acids is 1. The molecular formula is C27H42N2O4S. The molecular weight excluding hydrogens is 448 g/mol. The highest BCUT2D eigenvalue weighted by atomic mass is 32.1. The highest BCUT2D eigenvalue weighted by Crippen LogP contribution is 2.38. The lowest BCUT2D eigenvalue weighted by molar-refractivity contribution is -0.131. The average Bonchev–Trinajstić information content (AvgIpc) is 3.29. The van der Waals surface area contributed by atoms with Crippen molar-refractivity contribution in [2.75, 3.05) is 18.5 Å². The van der Waals surface area contributed by atoms with Gasteiger partial charge in [-0.3, -0.25) is 9.59 Å². The SMILES string of the molecule is CCCCC(C)C(=O)N(CCCC(C)N(C)C(=O)CC)c1cc(C2=CCCCC2)sc1C(=O)O. The Morgan fingerprint density at radius 2 is 1.85 bits per heavy atom. The normalized spacial score (nSPS) is 15.4. The van der Waals surface area contributed by atoms with E-state index < -0.39 is 5.97 Å². The first-order chi connectivity index (χ1) is 16.2. The fraction of sp³-hybridized carbons (Fsp3) is 0.667. The molecule has 6 nitrogen and oxygen atoms in total. The van der Waals surface area contributed by atoms with Crippen LogP contribution in [0.2, 0.25) is 0 Å². The summed E-state index contributed by atoms with van der Waals surface area (Å²) in [5.74, 6) is -1.06. The Labute approximate surface area is 209 Å². The van der Waals surface area contributed by atoms with Gasteiger partial charge in [-0.25, -0.2) is 4.79 Å². The summed E-state index contributed by atoms with van der Waals surface area (Å²) >= 11 is 1.29. The second-order valence-corrected chi connectivity index (χ2v) is 10.5. The summed E-state index contributed by atoms with van der Waals surface area (Å²) in [7, 11) is 1.82. The predicted octanol–water partition coefficient (Wildman–Crippen LogP) is 6.60. The molecule has 0 aliphatic heterocycles. The molecule has 1 aromatic rings. The van der Waals surface area contributed by atoms with Crippen LogP contribution in [0.25, 0.3) is 5.57 Å². The lowest BCUT2D eigenvalue weighted by Crippen LogP contribution is -2.38. The molecule has 0 bridgehead atoms. The molecule has 1 N–H and O–H groups in total. The number of hydrogen-bond acceptors (Lipinski definition) is 4. The zero-order valence-electron chi connectivity index (χ0n) is 21.6. The first-order valence-corrected chi connectivity index (χ1v) is 13.7. The second kappa shape index (κ2) is 13.7. The molecule has 2 amide bonds. The van der Waals surface area contributed by atoms with Gasteiger partial charge in [-0.05, 0) is 63.5 Å². The van der Waals surface area contributed by atoms with E-state index in [-0.39, 0.29) is 28.7 Å². The van der Waals surface area contributed by atoms with Crippen LogP contribution in [0.1, 0.15) is 106 Å². The Kier molecular flexibility index (Phi) is 11.3. The predicted molar refractivity (Wildman–Crippen MR) is 141 cm³/mol. The van der Waals surface area contributed by atoms with Crippen molar-refractivity contribution in [2.45, 2.75) is 97.9 Å². The summed E-state index contributed by atoms with van der Waals surface area (Å²) in [5.41, 5.74) is 1.72. The van der Waals surface area contributed by atoms with Gasteiger partial charge in [0.05, 0.1) is 5.69 Å². The van der Waals surface area contributed by atoms with E-state index in [1.807, 2.05) is 33.9 Å². The van der Waals surface area contributed by atoms with Crippen molar-refractivity contribution < 1.29 is 19.5 Å². The molecule has 0 saturated carbocycles. The van der Waals surface area contributed by atoms with Crippen LogP contribution in [0.15, 0.2) is 12.1 Å². The molecule has 1 aliphatic carbocycles. The van der Waals surface area contributed by atoms with Gasteiger partial charge >= 0.3 is 5.97 Å². The van der Waals surface area contributed by atoms with Gasteiger partial charge in [0.1, 0.15) is 4.88 Å². The number of hydrogen-bond donors (Lipinski definition) is 1. The fourth-order valence-corrected chi connectivity index (χ4v) is 5.51. The smallest absolute Gasteiger partial charge is 0.348 e. The Hall–Kier alpha value is -2.15. The minimum absolute atomic E-state index is 0.0106. The van der Waals surface area contributed by atoms with Crippen LogP contribution < -0.4 is 4.90 Å². The Morgan fingerprint density at radius 1 is 1.12 bits per heavy atom. The molecule has 0 spiro atoms. The van der Waals surface area contributed by atoms with Gasteiger partial charge in [-0.1, -0.05) is 39.7 Å². The van der Waals surface area contributed by atoms with Crippen molar-refractivity contribution in [1.29, 1.82) is 0 Å². The number of carbonyl (C=O) groups excluding carboxylic acids is 2. The molecule has 1 aliphatic rings. The molecule has 0 radical (unpaired) electrons. The molecule has 1 aromatic heterocycles. The number of aromatic carboxylic acids is 1. The molecule has 1 heterocycles. The summed E-state index contributed by atoms with van der Waals surface area (Å²) in [6.07, 6.45) is 11.2. The van der Waals surface area contributed by atoms with E-state index in [2.05, 4.69) is 13.0 Å². The third-order valence-electron chi connectivity index (χ3n) is 6.84. The summed E-state index contributed by atoms with van der Waals surface area (Å²) in [6, 6.07) is 1.98. The minimum atomic E-state index is -0.983. The molecule has 0 saturated heterocycles. The Morgan fingerprint density at radius 3 is 2.44 bits per heavy atom. The first kappa shape index (κ1) is 28.1. The van der Waals surface area contributed by atoms with Crippen LogP contribution in [0.4, 0.5) is 5.69 Å². The average molecular weight is 491 g/mol. The lowest BCUT2D eigenvalue weighted by Gasteiger charge is -2.28. The van der Waals surface area contributed by atoms with Crippen molar-refractivity contribution in [3.8, 4) is 0 Å². The van der Waals surface area contributed by atoms with Gasteiger partial charge < -0.3 is 14.9 Å². The highest BCUT2D eigenvalue weighted by Gasteiger charge is 2.28. The van der Waals surface area contributed by atoms with Crippen molar-refractivity contribution >= 4 is 40.4 Å². The van der Waals surface area contributed by atoms with Crippen LogP contribution in [0.3, 0.4) is 0 Å². The number of rotatable bonds is 13. The lowest BCUT2D eigenvalue weighted by atomic mass is 9.98. The molecule has 2 unspecified atom stereocenters. The van der Waals surface area contributed by atoms with Gasteiger partial charge in [0, 0.05) is 36.9 Å². The van der Waals surface area contributed by atoms with Crippen LogP contribution >= 0.6 is 11.3 Å². The molecule has 2 rings (SSSR count). The summed E-state index contributed by atoms with van der Waals surface area (Å²) < 4.78 is 0. The quantitative estimate of drug-likeness (QED) is 0.338. The Balaban J connectivity index is 2.30. The molecule has 2 atom stereocenters. The molecule has 0 aromatic carbocycles. The topological polar surface area (TPSA) is 77.9 Å². The van der Waals surface area contributed by atoms with Crippen molar-refractivity contribution in [1.82, 2.24) is 4.90 Å². The van der Waals surface area contributed by atoms with E-state index in [1.54, 1.807) is 9.80 Å². The van der Waals surface area contributed by atoms with Crippen LogP contribution in [0.5, 0.6) is 0 Å². The van der Waals surface area contributed by atoms with Gasteiger partial charge in [0.2, 0.25) is 11.8 Å². The van der Waals surface area contributed by atoms with Gasteiger partial charge in [-0.15, -0.1) is 11.3 Å². The van der Waals surface area contributed by atoms with Gasteiger partial charge in [0.15, 0.2) is 0 Å². The number of amides is 2. The van der Waals surface area contributed by atoms with E-state index in [0.717, 1.165) is 49.8 Å². The van der Waals surface area contributed by atoms with Gasteiger partial charge in [0.25, 0.3) is 0 Å². The van der Waals surface area contributed by atoms with E-state index >= 15 is 0 Å². The minimum Gasteiger partial charge on any atom is -0.477 e. The van der Waals surface area contributed by atoms with Crippen molar-refractivity contribution in [3.05, 3.63) is 21.9 Å². The molecule has 34 heavy (non-hydrogen) atoms. The standard InChI is InChI=1S/C27H42N2O4S/c1-6-8-13-19(3)26(31)29(17-12-14-20(4)28(5)24(30)7-2)22-18-23(34-25(22)27(32)33)21-15-10-9-11-16-21/h15,18-20H,6-14,16-17H2,1-5H3,(H,32,33). The van der Waals surface area contributed by atoms with Crippen LogP contribution in [-0.2, 0) is 9.59 Å². The number of thiophene rings is 1. The monoisotopic (exact) mass is 490 g/mol. The highest BCUT2D eigenvalue weighted by molar-refractivity contribution is 7.15. The maximum atomic E-state index is 13.5. The fourth-order valence-electron chi connectivity index (χ4n) is 4.44. The Bertz CT molecular complexity index is 876. The van der Waals surface area contributed by atoms with E-state index in [9.17, 15) is 19.5 Å². The third kappa shape index (κ3) is 7.42. The van der Waals surface area contributed by atoms with E-state index in [1.165, 1.54) is 23.3 Å². The van der Waals surface area contributed by atoms with Gasteiger partial charge in [-0.2, -0.15) is 0 Å². The van der Waals surface area contributed by atoms with Crippen LogP contribution in [-0.4, -0.2) is 47.4 Å². The number of carbonyl (C=O) groups is 3. The first-order valence-electron chi connectivity index (χ1n) is 12.8. The van der Waals surface area contributed by atoms with E-state index in [0.29, 0.717) is 25.1 Å². The molecule has 0 fully saturated rings. The summed E-state index contributed by atoms with van der Waals surface area (Å²) in [5, 5.41) is 9.97.